The molecule has 0 amide bonds. The monoisotopic (exact) mass is 245 g/mol. The number of rotatable bonds is 2. The molecule has 1 aromatic carbocycles. The molecule has 78 valence electrons. The number of phenols is 1. The van der Waals surface area contributed by atoms with Crippen LogP contribution in [-0.2, 0) is 4.79 Å². The van der Waals surface area contributed by atoms with E-state index >= 15 is 0 Å². The van der Waals surface area contributed by atoms with Crippen molar-refractivity contribution in [3.63, 3.8) is 0 Å². The predicted molar refractivity (Wildman–Crippen MR) is 55.9 cm³/mol. The number of benzene rings is 1. The summed E-state index contributed by atoms with van der Waals surface area (Å²) in [5.41, 5.74) is 0.575. The van der Waals surface area contributed by atoms with E-state index in [1.54, 1.807) is 24.3 Å². The zero-order chi connectivity index (χ0) is 10.8. The first-order valence-electron chi connectivity index (χ1n) is 4.38. The largest absolute Gasteiger partial charge is 1.00 e. The minimum absolute atomic E-state index is 0. The Balaban J connectivity index is 0.00000128. The first kappa shape index (κ1) is 13.6. The Bertz CT molecular complexity index is 436. The molecule has 16 heavy (non-hydrogen) atoms. The van der Waals surface area contributed by atoms with E-state index in [4.69, 9.17) is 0 Å². The molecular formula is C10H8NNaO3S. The van der Waals surface area contributed by atoms with E-state index < -0.39 is 12.0 Å². The number of hydrogen-bond donors (Lipinski definition) is 1. The average Bonchev–Trinajstić information content (AvgIpc) is 2.67. The molecule has 0 radical (unpaired) electrons. The normalized spacial score (nSPS) is 18.8. The van der Waals surface area contributed by atoms with Gasteiger partial charge in [-0.3, -0.25) is 4.99 Å². The number of para-hydroxylation sites is 1. The van der Waals surface area contributed by atoms with Gasteiger partial charge >= 0.3 is 29.6 Å². The average molecular weight is 245 g/mol. The number of carboxylic acids is 1. The summed E-state index contributed by atoms with van der Waals surface area (Å²) >= 11 is 1.32. The number of thioether (sulfide) groups is 1. The molecule has 1 aliphatic rings. The standard InChI is InChI=1S/C10H9NO3S.Na/c12-8-4-2-1-3-6(8)9-11-7(5-15-9)10(13)14;/h1-4,7,12H,5H2,(H,13,14);/q;+1/p-1. The Morgan fingerprint density at radius 3 is 2.75 bits per heavy atom. The van der Waals surface area contributed by atoms with Gasteiger partial charge in [-0.1, -0.05) is 12.1 Å². The number of aromatic hydroxyl groups is 1. The first-order valence-corrected chi connectivity index (χ1v) is 5.37. The van der Waals surface area contributed by atoms with Crippen LogP contribution in [0.15, 0.2) is 29.3 Å². The van der Waals surface area contributed by atoms with Crippen LogP contribution in [0.2, 0.25) is 0 Å². The summed E-state index contributed by atoms with van der Waals surface area (Å²) in [6, 6.07) is 5.92. The van der Waals surface area contributed by atoms with Gasteiger partial charge in [0, 0.05) is 11.3 Å². The van der Waals surface area contributed by atoms with Crippen molar-refractivity contribution in [1.82, 2.24) is 0 Å². The van der Waals surface area contributed by atoms with Gasteiger partial charge in [-0.15, -0.1) is 11.8 Å². The van der Waals surface area contributed by atoms with Gasteiger partial charge in [-0.25, -0.2) is 0 Å². The fourth-order valence-electron chi connectivity index (χ4n) is 1.30. The molecule has 6 heteroatoms. The van der Waals surface area contributed by atoms with Crippen molar-refractivity contribution in [3.8, 4) is 5.75 Å². The van der Waals surface area contributed by atoms with E-state index in [0.29, 0.717) is 16.4 Å². The fourth-order valence-corrected chi connectivity index (χ4v) is 2.35. The number of hydrogen-bond acceptors (Lipinski definition) is 5. The Labute approximate surface area is 119 Å². The van der Waals surface area contributed by atoms with Gasteiger partial charge in [0.15, 0.2) is 0 Å². The minimum atomic E-state index is -1.17. The Morgan fingerprint density at radius 2 is 2.19 bits per heavy atom. The van der Waals surface area contributed by atoms with Crippen LogP contribution in [0, 0.1) is 0 Å². The number of aliphatic imine (C=N–C) groups is 1. The van der Waals surface area contributed by atoms with Gasteiger partial charge in [0.2, 0.25) is 0 Å². The predicted octanol–water partition coefficient (Wildman–Crippen LogP) is -2.99. The Hall–Kier alpha value is -0.490. The molecule has 1 aromatic rings. The van der Waals surface area contributed by atoms with Crippen LogP contribution in [0.5, 0.6) is 5.75 Å². The summed E-state index contributed by atoms with van der Waals surface area (Å²) < 4.78 is 0. The number of carbonyl (C=O) groups is 1. The molecule has 1 heterocycles. The fraction of sp³-hybridized carbons (Fsp3) is 0.200. The molecule has 0 aromatic heterocycles. The van der Waals surface area contributed by atoms with Crippen LogP contribution in [0.1, 0.15) is 5.56 Å². The molecule has 1 unspecified atom stereocenters. The van der Waals surface area contributed by atoms with Gasteiger partial charge in [0.25, 0.3) is 0 Å². The third-order valence-electron chi connectivity index (χ3n) is 2.06. The maximum Gasteiger partial charge on any atom is 1.00 e. The maximum absolute atomic E-state index is 10.6. The second-order valence-corrected chi connectivity index (χ2v) is 4.11. The van der Waals surface area contributed by atoms with Crippen LogP contribution in [-0.4, -0.2) is 27.9 Å². The topological polar surface area (TPSA) is 72.7 Å². The number of phenolic OH excluding ortho intramolecular Hbond substituents is 1. The molecule has 1 aliphatic heterocycles. The van der Waals surface area contributed by atoms with Crippen molar-refractivity contribution in [2.24, 2.45) is 4.99 Å². The van der Waals surface area contributed by atoms with Gasteiger partial charge in [0.1, 0.15) is 16.8 Å². The molecular weight excluding hydrogens is 237 g/mol. The number of aliphatic carboxylic acids is 1. The summed E-state index contributed by atoms with van der Waals surface area (Å²) in [4.78, 5) is 14.5. The molecule has 0 bridgehead atoms. The molecule has 4 nitrogen and oxygen atoms in total. The zero-order valence-corrected chi connectivity index (χ0v) is 11.5. The van der Waals surface area contributed by atoms with Crippen molar-refractivity contribution >= 4 is 22.8 Å². The second-order valence-electron chi connectivity index (χ2n) is 3.10. The molecule has 0 spiro atoms. The maximum atomic E-state index is 10.6. The van der Waals surface area contributed by atoms with Gasteiger partial charge in [-0.2, -0.15) is 0 Å². The van der Waals surface area contributed by atoms with E-state index in [2.05, 4.69) is 4.99 Å². The van der Waals surface area contributed by atoms with Crippen molar-refractivity contribution in [2.75, 3.05) is 5.75 Å². The van der Waals surface area contributed by atoms with Crippen LogP contribution in [0.4, 0.5) is 0 Å². The van der Waals surface area contributed by atoms with Crippen molar-refractivity contribution in [1.29, 1.82) is 0 Å². The molecule has 0 saturated heterocycles. The molecule has 0 aliphatic carbocycles. The summed E-state index contributed by atoms with van der Waals surface area (Å²) in [6.07, 6.45) is 0. The van der Waals surface area contributed by atoms with E-state index in [9.17, 15) is 15.0 Å². The quantitative estimate of drug-likeness (QED) is 0.564. The molecule has 0 saturated carbocycles. The number of nitrogens with zero attached hydrogens (tertiary/aromatic N) is 1. The van der Waals surface area contributed by atoms with Crippen molar-refractivity contribution < 1.29 is 44.6 Å². The van der Waals surface area contributed by atoms with E-state index in [1.807, 2.05) is 0 Å². The summed E-state index contributed by atoms with van der Waals surface area (Å²) in [6.45, 7) is 0. The third-order valence-corrected chi connectivity index (χ3v) is 3.14. The Kier molecular flexibility index (Phi) is 4.86. The van der Waals surface area contributed by atoms with Gasteiger partial charge in [0.05, 0.1) is 5.97 Å². The van der Waals surface area contributed by atoms with Crippen LogP contribution >= 0.6 is 11.8 Å². The zero-order valence-electron chi connectivity index (χ0n) is 8.71. The minimum Gasteiger partial charge on any atom is -0.548 e. The molecule has 2 rings (SSSR count). The number of carbonyl (C=O) groups excluding carboxylic acids is 1. The first-order chi connectivity index (χ1) is 7.18. The van der Waals surface area contributed by atoms with Crippen LogP contribution < -0.4 is 34.7 Å². The third kappa shape index (κ3) is 2.79. The van der Waals surface area contributed by atoms with Crippen LogP contribution in [0.25, 0.3) is 0 Å². The van der Waals surface area contributed by atoms with E-state index in [-0.39, 0.29) is 35.3 Å². The summed E-state index contributed by atoms with van der Waals surface area (Å²) in [7, 11) is 0. The SMILES string of the molecule is O=C([O-])C1CSC(c2ccccc2O)=N1.[Na+]. The Morgan fingerprint density at radius 1 is 1.50 bits per heavy atom. The summed E-state index contributed by atoms with van der Waals surface area (Å²) in [5, 5.41) is 20.7. The van der Waals surface area contributed by atoms with Crippen LogP contribution in [0.3, 0.4) is 0 Å². The number of carboxylic acid groups (broad SMARTS) is 1. The van der Waals surface area contributed by atoms with Crippen molar-refractivity contribution in [3.05, 3.63) is 29.8 Å². The summed E-state index contributed by atoms with van der Waals surface area (Å²) in [5.74, 6) is -0.693. The van der Waals surface area contributed by atoms with E-state index in [1.165, 1.54) is 11.8 Å². The van der Waals surface area contributed by atoms with Gasteiger partial charge < -0.3 is 15.0 Å². The van der Waals surface area contributed by atoms with E-state index in [0.717, 1.165) is 0 Å². The second kappa shape index (κ2) is 5.72. The molecule has 1 atom stereocenters. The van der Waals surface area contributed by atoms with Gasteiger partial charge in [-0.05, 0) is 12.1 Å². The van der Waals surface area contributed by atoms with Crippen molar-refractivity contribution in [2.45, 2.75) is 6.04 Å². The molecule has 0 fully saturated rings. The molecule has 1 N–H and O–H groups in total. The smallest absolute Gasteiger partial charge is 0.548 e.